The van der Waals surface area contributed by atoms with Gasteiger partial charge in [-0.15, -0.1) is 0 Å². The number of hydrogen-bond donors (Lipinski definition) is 0. The van der Waals surface area contributed by atoms with Crippen molar-refractivity contribution in [3.8, 4) is 0 Å². The smallest absolute Gasteiger partial charge is 0.265 e. The first-order valence-corrected chi connectivity index (χ1v) is 4.87. The van der Waals surface area contributed by atoms with Crippen molar-refractivity contribution >= 4 is 0 Å². The average molecular weight is 199 g/mol. The van der Waals surface area contributed by atoms with E-state index in [1.807, 2.05) is 6.92 Å². The molecule has 0 spiro atoms. The van der Waals surface area contributed by atoms with E-state index in [2.05, 4.69) is 4.98 Å². The zero-order valence-electron chi connectivity index (χ0n) is 8.50. The van der Waals surface area contributed by atoms with E-state index in [-0.39, 0.29) is 5.56 Å². The number of hydrogen-bond acceptors (Lipinski definition) is 1. The highest BCUT2D eigenvalue weighted by atomic mass is 19.3. The van der Waals surface area contributed by atoms with Gasteiger partial charge in [0, 0.05) is 23.9 Å². The summed E-state index contributed by atoms with van der Waals surface area (Å²) >= 11 is 0. The first-order chi connectivity index (χ1) is 6.59. The molecule has 0 saturated carbocycles. The Morgan fingerprint density at radius 2 is 1.93 bits per heavy atom. The molecule has 0 aromatic carbocycles. The Hall–Kier alpha value is -0.990. The molecule has 1 unspecified atom stereocenters. The Labute approximate surface area is 83.2 Å². The molecule has 0 fully saturated rings. The molecule has 1 aromatic heterocycles. The Balaban J connectivity index is 2.84. The number of nitrogens with zero attached hydrogens (tertiary/aromatic N) is 1. The van der Waals surface area contributed by atoms with Crippen molar-refractivity contribution in [3.05, 3.63) is 30.1 Å². The van der Waals surface area contributed by atoms with Crippen molar-refractivity contribution < 1.29 is 8.78 Å². The highest BCUT2D eigenvalue weighted by Crippen LogP contribution is 2.37. The second-order valence-electron chi connectivity index (χ2n) is 3.55. The van der Waals surface area contributed by atoms with Crippen molar-refractivity contribution in [3.63, 3.8) is 0 Å². The fourth-order valence-corrected chi connectivity index (χ4v) is 1.47. The van der Waals surface area contributed by atoms with Crippen LogP contribution in [0.1, 0.15) is 32.3 Å². The lowest BCUT2D eigenvalue weighted by Gasteiger charge is -2.23. The maximum absolute atomic E-state index is 13.7. The van der Waals surface area contributed by atoms with Gasteiger partial charge < -0.3 is 0 Å². The van der Waals surface area contributed by atoms with Crippen molar-refractivity contribution in [2.75, 3.05) is 0 Å². The quantitative estimate of drug-likeness (QED) is 0.721. The maximum atomic E-state index is 13.7. The van der Waals surface area contributed by atoms with Crippen molar-refractivity contribution in [1.82, 2.24) is 4.98 Å². The standard InChI is InChI=1S/C11H15F2N/c1-3-4-9(2)11(12,13)10-5-7-14-8-6-10/h5-9H,3-4H2,1-2H3. The molecular formula is C11H15F2N. The van der Waals surface area contributed by atoms with Crippen LogP contribution in [-0.2, 0) is 5.92 Å². The summed E-state index contributed by atoms with van der Waals surface area (Å²) in [5, 5.41) is 0. The van der Waals surface area contributed by atoms with Gasteiger partial charge in [0.05, 0.1) is 0 Å². The Bertz CT molecular complexity index is 272. The minimum Gasteiger partial charge on any atom is -0.265 e. The van der Waals surface area contributed by atoms with E-state index in [0.29, 0.717) is 6.42 Å². The molecule has 0 amide bonds. The summed E-state index contributed by atoms with van der Waals surface area (Å²) in [5.41, 5.74) is 0.0634. The van der Waals surface area contributed by atoms with Crippen LogP contribution in [0.5, 0.6) is 0 Å². The third-order valence-corrected chi connectivity index (χ3v) is 2.41. The summed E-state index contributed by atoms with van der Waals surface area (Å²) in [6.45, 7) is 3.50. The van der Waals surface area contributed by atoms with Crippen LogP contribution in [0.25, 0.3) is 0 Å². The summed E-state index contributed by atoms with van der Waals surface area (Å²) in [5.74, 6) is -3.35. The second-order valence-corrected chi connectivity index (χ2v) is 3.55. The first-order valence-electron chi connectivity index (χ1n) is 4.87. The number of pyridine rings is 1. The van der Waals surface area contributed by atoms with Crippen molar-refractivity contribution in [2.45, 2.75) is 32.6 Å². The summed E-state index contributed by atoms with van der Waals surface area (Å²) in [6, 6.07) is 2.76. The Morgan fingerprint density at radius 3 is 2.43 bits per heavy atom. The van der Waals surface area contributed by atoms with Gasteiger partial charge in [0.2, 0.25) is 0 Å². The van der Waals surface area contributed by atoms with Gasteiger partial charge in [-0.05, 0) is 18.6 Å². The molecule has 0 aliphatic rings. The topological polar surface area (TPSA) is 12.9 Å². The predicted molar refractivity (Wildman–Crippen MR) is 52.2 cm³/mol. The van der Waals surface area contributed by atoms with Crippen LogP contribution in [0, 0.1) is 5.92 Å². The molecule has 1 rings (SSSR count). The van der Waals surface area contributed by atoms with Gasteiger partial charge in [-0.2, -0.15) is 0 Å². The zero-order chi connectivity index (χ0) is 10.6. The molecule has 1 nitrogen and oxygen atoms in total. The molecule has 3 heteroatoms. The molecule has 0 aliphatic carbocycles. The lowest BCUT2D eigenvalue weighted by atomic mass is 9.93. The summed E-state index contributed by atoms with van der Waals surface area (Å²) < 4.78 is 27.4. The van der Waals surface area contributed by atoms with E-state index in [4.69, 9.17) is 0 Å². The van der Waals surface area contributed by atoms with Gasteiger partial charge in [-0.25, -0.2) is 8.78 Å². The molecule has 78 valence electrons. The lowest BCUT2D eigenvalue weighted by Crippen LogP contribution is -2.23. The fourth-order valence-electron chi connectivity index (χ4n) is 1.47. The third-order valence-electron chi connectivity index (χ3n) is 2.41. The van der Waals surface area contributed by atoms with Crippen LogP contribution in [0.15, 0.2) is 24.5 Å². The van der Waals surface area contributed by atoms with E-state index >= 15 is 0 Å². The van der Waals surface area contributed by atoms with Crippen LogP contribution in [-0.4, -0.2) is 4.98 Å². The van der Waals surface area contributed by atoms with Gasteiger partial charge in [-0.1, -0.05) is 20.3 Å². The highest BCUT2D eigenvalue weighted by molar-refractivity contribution is 5.17. The van der Waals surface area contributed by atoms with Gasteiger partial charge >= 0.3 is 0 Å². The lowest BCUT2D eigenvalue weighted by molar-refractivity contribution is -0.0614. The van der Waals surface area contributed by atoms with Crippen LogP contribution in [0.4, 0.5) is 8.78 Å². The second kappa shape index (κ2) is 4.49. The van der Waals surface area contributed by atoms with Gasteiger partial charge in [0.25, 0.3) is 5.92 Å². The minimum absolute atomic E-state index is 0.0634. The molecule has 0 N–H and O–H groups in total. The maximum Gasteiger partial charge on any atom is 0.275 e. The van der Waals surface area contributed by atoms with Gasteiger partial charge in [0.15, 0.2) is 0 Å². The average Bonchev–Trinajstić information content (AvgIpc) is 2.19. The first kappa shape index (κ1) is 11.1. The molecule has 0 bridgehead atoms. The van der Waals surface area contributed by atoms with Crippen LogP contribution in [0.3, 0.4) is 0 Å². The van der Waals surface area contributed by atoms with E-state index in [9.17, 15) is 8.78 Å². The van der Waals surface area contributed by atoms with E-state index in [1.54, 1.807) is 6.92 Å². The molecular weight excluding hydrogens is 184 g/mol. The van der Waals surface area contributed by atoms with Gasteiger partial charge in [0.1, 0.15) is 0 Å². The predicted octanol–water partition coefficient (Wildman–Crippen LogP) is 3.61. The normalized spacial score (nSPS) is 14.0. The Kier molecular flexibility index (Phi) is 3.55. The number of alkyl halides is 2. The molecule has 0 aliphatic heterocycles. The summed E-state index contributed by atoms with van der Waals surface area (Å²) in [7, 11) is 0. The monoisotopic (exact) mass is 199 g/mol. The zero-order valence-corrected chi connectivity index (χ0v) is 8.50. The minimum atomic E-state index is -2.74. The summed E-state index contributed by atoms with van der Waals surface area (Å²) in [4.78, 5) is 3.73. The van der Waals surface area contributed by atoms with Crippen LogP contribution in [0.2, 0.25) is 0 Å². The highest BCUT2D eigenvalue weighted by Gasteiger charge is 2.37. The van der Waals surface area contributed by atoms with E-state index in [0.717, 1.165) is 6.42 Å². The molecule has 0 saturated heterocycles. The number of aromatic nitrogens is 1. The number of halogens is 2. The molecule has 14 heavy (non-hydrogen) atoms. The third kappa shape index (κ3) is 2.28. The van der Waals surface area contributed by atoms with Crippen LogP contribution >= 0.6 is 0 Å². The van der Waals surface area contributed by atoms with E-state index < -0.39 is 11.8 Å². The molecule has 1 atom stereocenters. The van der Waals surface area contributed by atoms with Gasteiger partial charge in [-0.3, -0.25) is 4.98 Å². The number of rotatable bonds is 4. The summed E-state index contributed by atoms with van der Waals surface area (Å²) in [6.07, 6.45) is 4.13. The van der Waals surface area contributed by atoms with Crippen molar-refractivity contribution in [1.29, 1.82) is 0 Å². The van der Waals surface area contributed by atoms with E-state index in [1.165, 1.54) is 24.5 Å². The fraction of sp³-hybridized carbons (Fsp3) is 0.545. The Morgan fingerprint density at radius 1 is 1.36 bits per heavy atom. The molecule has 1 aromatic rings. The molecule has 0 radical (unpaired) electrons. The SMILES string of the molecule is CCCC(C)C(F)(F)c1ccncc1. The molecule has 1 heterocycles. The van der Waals surface area contributed by atoms with Crippen LogP contribution < -0.4 is 0 Å². The van der Waals surface area contributed by atoms with Crippen molar-refractivity contribution in [2.24, 2.45) is 5.92 Å². The largest absolute Gasteiger partial charge is 0.275 e.